The number of aromatic nitrogens is 1. The summed E-state index contributed by atoms with van der Waals surface area (Å²) in [6.45, 7) is 3.68. The fourth-order valence-corrected chi connectivity index (χ4v) is 3.08. The van der Waals surface area contributed by atoms with Crippen molar-refractivity contribution in [1.82, 2.24) is 15.7 Å². The molecule has 0 aliphatic rings. The van der Waals surface area contributed by atoms with Crippen LogP contribution < -0.4 is 31.0 Å². The van der Waals surface area contributed by atoms with E-state index < -0.39 is 6.03 Å². The molecule has 0 aliphatic carbocycles. The summed E-state index contributed by atoms with van der Waals surface area (Å²) in [4.78, 5) is 28.2. The van der Waals surface area contributed by atoms with Gasteiger partial charge in [-0.1, -0.05) is 17.7 Å². The average Bonchev–Trinajstić information content (AvgIpc) is 2.81. The van der Waals surface area contributed by atoms with Crippen molar-refractivity contribution in [3.63, 3.8) is 0 Å². The van der Waals surface area contributed by atoms with Gasteiger partial charge >= 0.3 is 6.03 Å². The molecule has 0 aliphatic heterocycles. The summed E-state index contributed by atoms with van der Waals surface area (Å²) >= 11 is 6.16. The van der Waals surface area contributed by atoms with Gasteiger partial charge in [-0.3, -0.25) is 20.6 Å². The number of benzene rings is 2. The second-order valence-corrected chi connectivity index (χ2v) is 7.40. The summed E-state index contributed by atoms with van der Waals surface area (Å²) in [5, 5.41) is 5.73. The molecule has 0 radical (unpaired) electrons. The van der Waals surface area contributed by atoms with Gasteiger partial charge in [0.2, 0.25) is 0 Å². The molecule has 2 aromatic carbocycles. The van der Waals surface area contributed by atoms with Crippen LogP contribution in [0.2, 0.25) is 5.02 Å². The highest BCUT2D eigenvalue weighted by molar-refractivity contribution is 6.31. The minimum Gasteiger partial charge on any atom is -0.495 e. The van der Waals surface area contributed by atoms with E-state index in [9.17, 15) is 9.59 Å². The minimum absolute atomic E-state index is 0.243. The van der Waals surface area contributed by atoms with Gasteiger partial charge in [-0.05, 0) is 49.7 Å². The monoisotopic (exact) mass is 469 g/mol. The van der Waals surface area contributed by atoms with Crippen LogP contribution in [0.15, 0.2) is 48.7 Å². The Morgan fingerprint density at radius 3 is 2.55 bits per heavy atom. The predicted octanol–water partition coefficient (Wildman–Crippen LogP) is 4.66. The summed E-state index contributed by atoms with van der Waals surface area (Å²) < 4.78 is 11.2. The Kier molecular flexibility index (Phi) is 7.57. The number of carbonyl (C=O) groups excluding carboxylic acids is 2. The summed E-state index contributed by atoms with van der Waals surface area (Å²) in [5.74, 6) is 1.18. The quantitative estimate of drug-likeness (QED) is 0.374. The molecule has 3 rings (SSSR count). The number of hydrogen-bond acceptors (Lipinski definition) is 6. The van der Waals surface area contributed by atoms with Crippen LogP contribution >= 0.6 is 11.6 Å². The molecule has 1 aromatic heterocycles. The van der Waals surface area contributed by atoms with Crippen LogP contribution in [0.4, 0.5) is 16.2 Å². The number of ether oxygens (including phenoxy) is 2. The van der Waals surface area contributed by atoms with Crippen molar-refractivity contribution in [2.24, 2.45) is 0 Å². The van der Waals surface area contributed by atoms with Crippen molar-refractivity contribution in [3.05, 3.63) is 70.5 Å². The SMILES string of the molecule is CNC(=O)c1cc(Oc2cccc(NNC(=O)Nc3cc(Cl)c(C)cc3OC)c2C)ccn1. The van der Waals surface area contributed by atoms with Crippen LogP contribution in [-0.2, 0) is 0 Å². The molecule has 0 spiro atoms. The highest BCUT2D eigenvalue weighted by Gasteiger charge is 2.12. The van der Waals surface area contributed by atoms with Crippen molar-refractivity contribution in [2.75, 3.05) is 24.9 Å². The van der Waals surface area contributed by atoms with E-state index in [1.54, 1.807) is 42.5 Å². The van der Waals surface area contributed by atoms with Gasteiger partial charge in [-0.15, -0.1) is 0 Å². The second kappa shape index (κ2) is 10.6. The second-order valence-electron chi connectivity index (χ2n) is 6.99. The van der Waals surface area contributed by atoms with E-state index in [0.717, 1.165) is 11.1 Å². The molecule has 1 heterocycles. The zero-order chi connectivity index (χ0) is 24.0. The summed E-state index contributed by atoms with van der Waals surface area (Å²) in [6, 6.07) is 11.4. The number of rotatable bonds is 7. The molecule has 0 atom stereocenters. The average molecular weight is 470 g/mol. The van der Waals surface area contributed by atoms with E-state index in [1.165, 1.54) is 20.4 Å². The summed E-state index contributed by atoms with van der Waals surface area (Å²) in [5.41, 5.74) is 8.33. The van der Waals surface area contributed by atoms with Crippen LogP contribution in [-0.4, -0.2) is 31.1 Å². The lowest BCUT2D eigenvalue weighted by Crippen LogP contribution is -2.34. The normalized spacial score (nSPS) is 10.2. The lowest BCUT2D eigenvalue weighted by Gasteiger charge is -2.16. The number of hydrogen-bond donors (Lipinski definition) is 4. The van der Waals surface area contributed by atoms with Gasteiger partial charge in [-0.25, -0.2) is 4.79 Å². The fraction of sp³-hybridized carbons (Fsp3) is 0.174. The Bertz CT molecular complexity index is 1190. The third-order valence-corrected chi connectivity index (χ3v) is 5.15. The molecule has 0 unspecified atom stereocenters. The van der Waals surface area contributed by atoms with E-state index in [0.29, 0.717) is 33.6 Å². The number of amides is 3. The molecule has 4 N–H and O–H groups in total. The first-order valence-electron chi connectivity index (χ1n) is 9.95. The summed E-state index contributed by atoms with van der Waals surface area (Å²) in [6.07, 6.45) is 1.49. The first-order valence-corrected chi connectivity index (χ1v) is 10.3. The Morgan fingerprint density at radius 1 is 1.03 bits per heavy atom. The standard InChI is InChI=1S/C23H24ClN5O4/c1-13-10-21(32-4)18(12-16(13)24)27-23(31)29-28-17-6-5-7-20(14(17)2)33-15-8-9-26-19(11-15)22(30)25-3/h5-12,28H,1-4H3,(H,25,30)(H2,27,29,31). The number of hydrazine groups is 1. The van der Waals surface area contributed by atoms with Crippen LogP contribution in [0, 0.1) is 13.8 Å². The minimum atomic E-state index is -0.511. The molecular weight excluding hydrogens is 446 g/mol. The van der Waals surface area contributed by atoms with Crippen molar-refractivity contribution in [3.8, 4) is 17.2 Å². The lowest BCUT2D eigenvalue weighted by molar-refractivity contribution is 0.0958. The van der Waals surface area contributed by atoms with E-state index in [1.807, 2.05) is 13.8 Å². The van der Waals surface area contributed by atoms with Crippen molar-refractivity contribution in [1.29, 1.82) is 0 Å². The highest BCUT2D eigenvalue weighted by atomic mass is 35.5. The molecule has 0 bridgehead atoms. The number of urea groups is 1. The molecule has 0 saturated carbocycles. The molecule has 9 nitrogen and oxygen atoms in total. The number of anilines is 2. The van der Waals surface area contributed by atoms with E-state index in [4.69, 9.17) is 21.1 Å². The maximum atomic E-state index is 12.4. The first-order chi connectivity index (χ1) is 15.8. The van der Waals surface area contributed by atoms with Gasteiger partial charge < -0.3 is 20.1 Å². The Hall–Kier alpha value is -3.98. The molecule has 172 valence electrons. The lowest BCUT2D eigenvalue weighted by atomic mass is 10.2. The fourth-order valence-electron chi connectivity index (χ4n) is 2.91. The van der Waals surface area contributed by atoms with Gasteiger partial charge in [0.05, 0.1) is 18.5 Å². The van der Waals surface area contributed by atoms with E-state index >= 15 is 0 Å². The van der Waals surface area contributed by atoms with Crippen LogP contribution in [0.1, 0.15) is 21.6 Å². The van der Waals surface area contributed by atoms with Gasteiger partial charge in [-0.2, -0.15) is 0 Å². The van der Waals surface area contributed by atoms with Gasteiger partial charge in [0.25, 0.3) is 5.91 Å². The molecule has 33 heavy (non-hydrogen) atoms. The third kappa shape index (κ3) is 5.83. The van der Waals surface area contributed by atoms with Crippen LogP contribution in [0.5, 0.6) is 17.2 Å². The number of aryl methyl sites for hydroxylation is 1. The smallest absolute Gasteiger partial charge is 0.337 e. The Balaban J connectivity index is 1.69. The predicted molar refractivity (Wildman–Crippen MR) is 127 cm³/mol. The highest BCUT2D eigenvalue weighted by Crippen LogP contribution is 2.31. The molecule has 3 aromatic rings. The largest absolute Gasteiger partial charge is 0.495 e. The maximum Gasteiger partial charge on any atom is 0.337 e. The third-order valence-electron chi connectivity index (χ3n) is 4.74. The maximum absolute atomic E-state index is 12.4. The first kappa shape index (κ1) is 23.7. The zero-order valence-electron chi connectivity index (χ0n) is 18.6. The van der Waals surface area contributed by atoms with Crippen LogP contribution in [0.3, 0.4) is 0 Å². The molecule has 0 saturated heterocycles. The summed E-state index contributed by atoms with van der Waals surface area (Å²) in [7, 11) is 3.04. The van der Waals surface area contributed by atoms with Gasteiger partial charge in [0.15, 0.2) is 0 Å². The molecule has 0 fully saturated rings. The zero-order valence-corrected chi connectivity index (χ0v) is 19.3. The van der Waals surface area contributed by atoms with Crippen molar-refractivity contribution >= 4 is 34.9 Å². The number of nitrogens with zero attached hydrogens (tertiary/aromatic N) is 1. The molecule has 10 heteroatoms. The van der Waals surface area contributed by atoms with E-state index in [2.05, 4.69) is 26.5 Å². The number of halogens is 1. The number of nitrogens with one attached hydrogen (secondary N) is 4. The van der Waals surface area contributed by atoms with E-state index in [-0.39, 0.29) is 11.6 Å². The number of methoxy groups -OCH3 is 1. The van der Waals surface area contributed by atoms with Gasteiger partial charge in [0.1, 0.15) is 22.9 Å². The van der Waals surface area contributed by atoms with Gasteiger partial charge in [0, 0.05) is 29.9 Å². The number of pyridine rings is 1. The Labute approximate surface area is 196 Å². The van der Waals surface area contributed by atoms with Crippen molar-refractivity contribution in [2.45, 2.75) is 13.8 Å². The van der Waals surface area contributed by atoms with Crippen molar-refractivity contribution < 1.29 is 19.1 Å². The number of carbonyl (C=O) groups is 2. The Morgan fingerprint density at radius 2 is 1.82 bits per heavy atom. The molecular formula is C23H24ClN5O4. The topological polar surface area (TPSA) is 114 Å². The molecule has 3 amide bonds. The van der Waals surface area contributed by atoms with Crippen LogP contribution in [0.25, 0.3) is 0 Å².